The van der Waals surface area contributed by atoms with Crippen LogP contribution >= 0.6 is 0 Å². The maximum atomic E-state index is 5.93. The molecule has 0 spiro atoms. The predicted octanol–water partition coefficient (Wildman–Crippen LogP) is 9.22. The Labute approximate surface area is 242 Å². The van der Waals surface area contributed by atoms with Crippen molar-refractivity contribution in [2.45, 2.75) is 20.8 Å². The number of ether oxygens (including phenoxy) is 4. The van der Waals surface area contributed by atoms with Crippen molar-refractivity contribution >= 4 is 21.5 Å². The summed E-state index contributed by atoms with van der Waals surface area (Å²) in [7, 11) is 6.61. The molecule has 0 bridgehead atoms. The fourth-order valence-corrected chi connectivity index (χ4v) is 4.90. The van der Waals surface area contributed by atoms with Gasteiger partial charge in [-0.3, -0.25) is 4.98 Å². The molecule has 5 heteroatoms. The summed E-state index contributed by atoms with van der Waals surface area (Å²) in [5.41, 5.74) is 5.16. The van der Waals surface area contributed by atoms with E-state index in [1.807, 2.05) is 57.2 Å². The number of benzene rings is 4. The summed E-state index contributed by atoms with van der Waals surface area (Å²) in [6, 6.07) is 31.0. The maximum absolute atomic E-state index is 5.93. The van der Waals surface area contributed by atoms with Crippen molar-refractivity contribution in [2.75, 3.05) is 28.4 Å². The van der Waals surface area contributed by atoms with Crippen LogP contribution in [0, 0.1) is 6.92 Å². The van der Waals surface area contributed by atoms with Crippen LogP contribution in [0.1, 0.15) is 19.5 Å². The van der Waals surface area contributed by atoms with Crippen LogP contribution in [0.2, 0.25) is 0 Å². The molecule has 210 valence electrons. The van der Waals surface area contributed by atoms with Gasteiger partial charge in [-0.2, -0.15) is 0 Å². The second-order valence-electron chi connectivity index (χ2n) is 9.09. The number of hydrogen-bond donors (Lipinski definition) is 0. The summed E-state index contributed by atoms with van der Waals surface area (Å²) in [5, 5.41) is 3.80. The molecule has 0 aliphatic heterocycles. The van der Waals surface area contributed by atoms with E-state index in [0.29, 0.717) is 23.0 Å². The third-order valence-electron chi connectivity index (χ3n) is 6.91. The molecule has 5 rings (SSSR count). The minimum Gasteiger partial charge on any atom is -0.493 e. The van der Waals surface area contributed by atoms with Crippen LogP contribution < -0.4 is 18.9 Å². The lowest BCUT2D eigenvalue weighted by molar-refractivity contribution is 0.356. The van der Waals surface area contributed by atoms with Gasteiger partial charge in [-0.25, -0.2) is 0 Å². The van der Waals surface area contributed by atoms with E-state index in [1.54, 1.807) is 34.6 Å². The minimum atomic E-state index is 0.652. The van der Waals surface area contributed by atoms with Gasteiger partial charge in [-0.15, -0.1) is 0 Å². The zero-order valence-electron chi connectivity index (χ0n) is 24.8. The fraction of sp³-hybridized carbons (Fsp3) is 0.194. The van der Waals surface area contributed by atoms with Gasteiger partial charge < -0.3 is 18.9 Å². The van der Waals surface area contributed by atoms with Gasteiger partial charge in [0.1, 0.15) is 0 Å². The van der Waals surface area contributed by atoms with E-state index in [2.05, 4.69) is 54.6 Å². The van der Waals surface area contributed by atoms with Crippen LogP contribution in [0.3, 0.4) is 0 Å². The molecule has 0 saturated heterocycles. The normalized spacial score (nSPS) is 10.3. The lowest BCUT2D eigenvalue weighted by atomic mass is 9.97. The molecule has 1 aromatic heterocycles. The quantitative estimate of drug-likeness (QED) is 0.212. The molecule has 4 aromatic carbocycles. The van der Waals surface area contributed by atoms with Gasteiger partial charge in [0.05, 0.1) is 28.4 Å². The van der Waals surface area contributed by atoms with Crippen molar-refractivity contribution in [1.29, 1.82) is 0 Å². The Hall–Kier alpha value is -4.77. The highest BCUT2D eigenvalue weighted by molar-refractivity contribution is 5.97. The SMILES string of the molecule is CC.COc1cc2ccc3cc(-c4ccc(-c5ccccc5)cc4)c(OC)c(OC)c3ccnc(C)c2cc1OC. The molecule has 0 N–H and O–H groups in total. The van der Waals surface area contributed by atoms with E-state index in [4.69, 9.17) is 23.9 Å². The van der Waals surface area contributed by atoms with E-state index in [9.17, 15) is 0 Å². The van der Waals surface area contributed by atoms with Gasteiger partial charge >= 0.3 is 0 Å². The third kappa shape index (κ3) is 6.04. The Morgan fingerprint density at radius 3 is 1.68 bits per heavy atom. The molecular formula is C36H37NO4. The molecule has 0 aliphatic rings. The van der Waals surface area contributed by atoms with Gasteiger partial charge in [0.2, 0.25) is 0 Å². The second kappa shape index (κ2) is 13.5. The zero-order chi connectivity index (χ0) is 29.4. The lowest BCUT2D eigenvalue weighted by Gasteiger charge is -2.16. The molecular weight excluding hydrogens is 510 g/mol. The first-order chi connectivity index (χ1) is 20.1. The summed E-state index contributed by atoms with van der Waals surface area (Å²) >= 11 is 0. The Balaban J connectivity index is 0.00000189. The summed E-state index contributed by atoms with van der Waals surface area (Å²) in [6.07, 6.45) is 1.80. The van der Waals surface area contributed by atoms with Gasteiger partial charge in [-0.1, -0.05) is 80.6 Å². The van der Waals surface area contributed by atoms with Crippen molar-refractivity contribution in [1.82, 2.24) is 4.98 Å². The number of nitrogens with zero attached hydrogens (tertiary/aromatic N) is 1. The number of hydrogen-bond acceptors (Lipinski definition) is 5. The molecule has 5 nitrogen and oxygen atoms in total. The van der Waals surface area contributed by atoms with E-state index in [1.165, 1.54) is 5.56 Å². The van der Waals surface area contributed by atoms with Crippen molar-refractivity contribution in [3.63, 3.8) is 0 Å². The van der Waals surface area contributed by atoms with Crippen LogP contribution in [-0.4, -0.2) is 33.4 Å². The molecule has 0 unspecified atom stereocenters. The van der Waals surface area contributed by atoms with E-state index >= 15 is 0 Å². The van der Waals surface area contributed by atoms with E-state index in [0.717, 1.165) is 43.9 Å². The average Bonchev–Trinajstić information content (AvgIpc) is 3.04. The predicted molar refractivity (Wildman–Crippen MR) is 170 cm³/mol. The van der Waals surface area contributed by atoms with Gasteiger partial charge in [0, 0.05) is 28.2 Å². The molecule has 0 radical (unpaired) electrons. The average molecular weight is 548 g/mol. The number of rotatable bonds is 6. The Morgan fingerprint density at radius 2 is 1.07 bits per heavy atom. The molecule has 0 saturated carbocycles. The third-order valence-corrected chi connectivity index (χ3v) is 6.91. The van der Waals surface area contributed by atoms with Crippen molar-refractivity contribution < 1.29 is 18.9 Å². The van der Waals surface area contributed by atoms with Crippen molar-refractivity contribution in [3.05, 3.63) is 103 Å². The Kier molecular flexibility index (Phi) is 9.64. The highest BCUT2D eigenvalue weighted by atomic mass is 16.5. The molecule has 0 amide bonds. The fourth-order valence-electron chi connectivity index (χ4n) is 4.90. The first-order valence-electron chi connectivity index (χ1n) is 13.7. The summed E-state index contributed by atoms with van der Waals surface area (Å²) < 4.78 is 23.0. The first kappa shape index (κ1) is 29.2. The summed E-state index contributed by atoms with van der Waals surface area (Å²) in [4.78, 5) is 4.72. The Morgan fingerprint density at radius 1 is 0.512 bits per heavy atom. The molecule has 5 aromatic rings. The number of methoxy groups -OCH3 is 4. The number of aromatic nitrogens is 1. The molecule has 1 heterocycles. The highest BCUT2D eigenvalue weighted by Gasteiger charge is 2.16. The van der Waals surface area contributed by atoms with Crippen molar-refractivity contribution in [2.24, 2.45) is 0 Å². The largest absolute Gasteiger partial charge is 0.493 e. The highest BCUT2D eigenvalue weighted by Crippen LogP contribution is 2.44. The number of aryl methyl sites for hydroxylation is 1. The molecule has 0 aliphatic carbocycles. The Bertz CT molecular complexity index is 1700. The van der Waals surface area contributed by atoms with Crippen LogP contribution in [0.15, 0.2) is 97.2 Å². The topological polar surface area (TPSA) is 49.8 Å². The van der Waals surface area contributed by atoms with Gasteiger partial charge in [0.15, 0.2) is 23.0 Å². The maximum Gasteiger partial charge on any atom is 0.169 e. The molecule has 41 heavy (non-hydrogen) atoms. The monoisotopic (exact) mass is 547 g/mol. The molecule has 0 atom stereocenters. The minimum absolute atomic E-state index is 0.652. The van der Waals surface area contributed by atoms with Crippen molar-refractivity contribution in [3.8, 4) is 45.3 Å². The second-order valence-corrected chi connectivity index (χ2v) is 9.09. The van der Waals surface area contributed by atoms with Gasteiger partial charge in [-0.05, 0) is 58.7 Å². The summed E-state index contributed by atoms with van der Waals surface area (Å²) in [5.74, 6) is 2.65. The van der Waals surface area contributed by atoms with Crippen LogP contribution in [0.4, 0.5) is 0 Å². The standard InChI is InChI=1S/C34H31NO4.C2H6/c1-22-29-21-32(37-3)31(36-2)20-27(29)16-15-26-19-30(34(39-5)33(38-4)28(26)17-18-35-22)25-13-11-24(12-14-25)23-9-7-6-8-10-23;1-2/h6-21H,1-5H3;1-2H3. The van der Waals surface area contributed by atoms with Crippen LogP contribution in [-0.2, 0) is 0 Å². The summed E-state index contributed by atoms with van der Waals surface area (Å²) in [6.45, 7) is 5.98. The van der Waals surface area contributed by atoms with E-state index < -0.39 is 0 Å². The van der Waals surface area contributed by atoms with Crippen LogP contribution in [0.25, 0.3) is 43.8 Å². The lowest BCUT2D eigenvalue weighted by Crippen LogP contribution is -1.95. The number of fused-ring (bicyclic) bond motifs is 2. The van der Waals surface area contributed by atoms with E-state index in [-0.39, 0.29) is 0 Å². The smallest absolute Gasteiger partial charge is 0.169 e. The van der Waals surface area contributed by atoms with Crippen LogP contribution in [0.5, 0.6) is 23.0 Å². The van der Waals surface area contributed by atoms with Gasteiger partial charge in [0.25, 0.3) is 0 Å². The first-order valence-corrected chi connectivity index (χ1v) is 13.7. The molecule has 0 fully saturated rings. The zero-order valence-corrected chi connectivity index (χ0v) is 24.8.